The molecule has 0 spiro atoms. The molecule has 0 atom stereocenters. The Bertz CT molecular complexity index is 1070. The molecule has 2 aromatic rings. The number of nitrogens with zero attached hydrogens (tertiary/aromatic N) is 1. The van der Waals surface area contributed by atoms with E-state index in [0.29, 0.717) is 24.2 Å². The summed E-state index contributed by atoms with van der Waals surface area (Å²) in [6.45, 7) is 2.19. The standard InChI is InChI=1S/C17H19FN2O4S2/c1-12-3-5-15(18)10-17(12)26(23,24)19-16-6-4-13-7-8-20(25(2,21)22)11-14(13)9-16/h3-6,9-10,19H,7-8,11H2,1-2H3. The number of halogens is 1. The van der Waals surface area contributed by atoms with Crippen molar-refractivity contribution in [3.63, 3.8) is 0 Å². The summed E-state index contributed by atoms with van der Waals surface area (Å²) in [6.07, 6.45) is 1.72. The topological polar surface area (TPSA) is 83.6 Å². The third-order valence-electron chi connectivity index (χ3n) is 4.34. The molecule has 0 bridgehead atoms. The third-order valence-corrected chi connectivity index (χ3v) is 7.12. The number of rotatable bonds is 4. The monoisotopic (exact) mass is 398 g/mol. The van der Waals surface area contributed by atoms with Crippen LogP contribution in [0.1, 0.15) is 16.7 Å². The molecule has 0 radical (unpaired) electrons. The van der Waals surface area contributed by atoms with Crippen LogP contribution in [-0.2, 0) is 33.0 Å². The largest absolute Gasteiger partial charge is 0.280 e. The minimum Gasteiger partial charge on any atom is -0.280 e. The Morgan fingerprint density at radius 3 is 2.46 bits per heavy atom. The van der Waals surface area contributed by atoms with Gasteiger partial charge < -0.3 is 0 Å². The van der Waals surface area contributed by atoms with E-state index < -0.39 is 25.9 Å². The molecule has 1 aliphatic heterocycles. The number of anilines is 1. The van der Waals surface area contributed by atoms with Gasteiger partial charge in [0, 0.05) is 18.8 Å². The van der Waals surface area contributed by atoms with Crippen molar-refractivity contribution in [2.24, 2.45) is 0 Å². The van der Waals surface area contributed by atoms with E-state index in [0.717, 1.165) is 23.4 Å². The summed E-state index contributed by atoms with van der Waals surface area (Å²) >= 11 is 0. The van der Waals surface area contributed by atoms with Crippen LogP contribution >= 0.6 is 0 Å². The van der Waals surface area contributed by atoms with Crippen LogP contribution in [0.25, 0.3) is 0 Å². The van der Waals surface area contributed by atoms with Crippen molar-refractivity contribution in [1.82, 2.24) is 4.31 Å². The van der Waals surface area contributed by atoms with Crippen molar-refractivity contribution >= 4 is 25.7 Å². The van der Waals surface area contributed by atoms with Gasteiger partial charge in [-0.25, -0.2) is 21.2 Å². The Labute approximate surface area is 152 Å². The Kier molecular flexibility index (Phi) is 4.80. The minimum absolute atomic E-state index is 0.131. The molecule has 0 saturated heterocycles. The van der Waals surface area contributed by atoms with Gasteiger partial charge in [0.25, 0.3) is 10.0 Å². The average molecular weight is 398 g/mol. The zero-order valence-electron chi connectivity index (χ0n) is 14.4. The quantitative estimate of drug-likeness (QED) is 0.856. The molecule has 0 unspecified atom stereocenters. The van der Waals surface area contributed by atoms with E-state index >= 15 is 0 Å². The van der Waals surface area contributed by atoms with Crippen molar-refractivity contribution in [2.45, 2.75) is 24.8 Å². The lowest BCUT2D eigenvalue weighted by molar-refractivity contribution is 0.395. The van der Waals surface area contributed by atoms with Crippen LogP contribution in [0.5, 0.6) is 0 Å². The van der Waals surface area contributed by atoms with Crippen LogP contribution < -0.4 is 4.72 Å². The fourth-order valence-electron chi connectivity index (χ4n) is 2.95. The lowest BCUT2D eigenvalue weighted by atomic mass is 10.0. The first-order valence-corrected chi connectivity index (χ1v) is 11.3. The van der Waals surface area contributed by atoms with Gasteiger partial charge >= 0.3 is 0 Å². The summed E-state index contributed by atoms with van der Waals surface area (Å²) < 4.78 is 65.9. The molecular weight excluding hydrogens is 379 g/mol. The first-order chi connectivity index (χ1) is 12.1. The molecule has 0 saturated carbocycles. The number of nitrogens with one attached hydrogen (secondary N) is 1. The highest BCUT2D eigenvalue weighted by molar-refractivity contribution is 7.92. The van der Waals surface area contributed by atoms with E-state index in [2.05, 4.69) is 4.72 Å². The maximum absolute atomic E-state index is 13.4. The van der Waals surface area contributed by atoms with Crippen LogP contribution in [0.2, 0.25) is 0 Å². The van der Waals surface area contributed by atoms with Crippen molar-refractivity contribution in [3.05, 3.63) is 58.9 Å². The molecule has 1 aliphatic rings. The van der Waals surface area contributed by atoms with E-state index in [1.807, 2.05) is 0 Å². The van der Waals surface area contributed by atoms with Gasteiger partial charge in [-0.15, -0.1) is 0 Å². The van der Waals surface area contributed by atoms with Gasteiger partial charge in [0.05, 0.1) is 11.2 Å². The van der Waals surface area contributed by atoms with E-state index in [1.165, 1.54) is 16.4 Å². The van der Waals surface area contributed by atoms with Gasteiger partial charge in [-0.05, 0) is 54.3 Å². The van der Waals surface area contributed by atoms with Gasteiger partial charge in [-0.1, -0.05) is 12.1 Å². The molecular formula is C17H19FN2O4S2. The SMILES string of the molecule is Cc1ccc(F)cc1S(=O)(=O)Nc1ccc2c(c1)CN(S(C)(=O)=O)CC2. The smallest absolute Gasteiger partial charge is 0.262 e. The average Bonchev–Trinajstić information content (AvgIpc) is 2.55. The molecule has 0 aromatic heterocycles. The predicted octanol–water partition coefficient (Wildman–Crippen LogP) is 2.25. The summed E-state index contributed by atoms with van der Waals surface area (Å²) in [4.78, 5) is -0.131. The summed E-state index contributed by atoms with van der Waals surface area (Å²) in [5.41, 5.74) is 2.47. The number of sulfonamides is 2. The van der Waals surface area contributed by atoms with E-state index in [9.17, 15) is 21.2 Å². The van der Waals surface area contributed by atoms with Gasteiger partial charge in [0.2, 0.25) is 10.0 Å². The molecule has 26 heavy (non-hydrogen) atoms. The lowest BCUT2D eigenvalue weighted by Crippen LogP contribution is -2.35. The first-order valence-electron chi connectivity index (χ1n) is 7.92. The van der Waals surface area contributed by atoms with Crippen LogP contribution in [0, 0.1) is 12.7 Å². The highest BCUT2D eigenvalue weighted by atomic mass is 32.2. The maximum atomic E-state index is 13.4. The Morgan fingerprint density at radius 2 is 1.77 bits per heavy atom. The van der Waals surface area contributed by atoms with E-state index in [-0.39, 0.29) is 11.4 Å². The summed E-state index contributed by atoms with van der Waals surface area (Å²) in [5, 5.41) is 0. The Hall–Kier alpha value is -1.97. The fraction of sp³-hybridized carbons (Fsp3) is 0.294. The second-order valence-corrected chi connectivity index (χ2v) is 9.98. The Balaban J connectivity index is 1.91. The second-order valence-electron chi connectivity index (χ2n) is 6.35. The van der Waals surface area contributed by atoms with Crippen LogP contribution in [0.4, 0.5) is 10.1 Å². The predicted molar refractivity (Wildman–Crippen MR) is 97.3 cm³/mol. The van der Waals surface area contributed by atoms with Crippen molar-refractivity contribution in [2.75, 3.05) is 17.5 Å². The van der Waals surface area contributed by atoms with E-state index in [4.69, 9.17) is 0 Å². The zero-order chi connectivity index (χ0) is 19.1. The summed E-state index contributed by atoms with van der Waals surface area (Å²) in [7, 11) is -7.27. The summed E-state index contributed by atoms with van der Waals surface area (Å²) in [6, 6.07) is 8.61. The molecule has 0 fully saturated rings. The number of fused-ring (bicyclic) bond motifs is 1. The second kappa shape index (κ2) is 6.64. The molecule has 140 valence electrons. The first kappa shape index (κ1) is 18.8. The van der Waals surface area contributed by atoms with Crippen molar-refractivity contribution in [3.8, 4) is 0 Å². The van der Waals surface area contributed by atoms with Gasteiger partial charge in [0.1, 0.15) is 5.82 Å². The molecule has 2 aromatic carbocycles. The maximum Gasteiger partial charge on any atom is 0.262 e. The van der Waals surface area contributed by atoms with E-state index in [1.54, 1.807) is 25.1 Å². The molecule has 6 nitrogen and oxygen atoms in total. The van der Waals surface area contributed by atoms with Crippen LogP contribution in [-0.4, -0.2) is 33.9 Å². The third kappa shape index (κ3) is 3.89. The van der Waals surface area contributed by atoms with Crippen LogP contribution in [0.3, 0.4) is 0 Å². The number of hydrogen-bond donors (Lipinski definition) is 1. The van der Waals surface area contributed by atoms with Crippen molar-refractivity contribution < 1.29 is 21.2 Å². The fourth-order valence-corrected chi connectivity index (χ4v) is 5.05. The van der Waals surface area contributed by atoms with Gasteiger partial charge in [-0.3, -0.25) is 4.72 Å². The zero-order valence-corrected chi connectivity index (χ0v) is 16.0. The summed E-state index contributed by atoms with van der Waals surface area (Å²) in [5.74, 6) is -0.634. The lowest BCUT2D eigenvalue weighted by Gasteiger charge is -2.27. The van der Waals surface area contributed by atoms with Crippen molar-refractivity contribution in [1.29, 1.82) is 0 Å². The molecule has 3 rings (SSSR count). The highest BCUT2D eigenvalue weighted by Gasteiger charge is 2.24. The minimum atomic E-state index is -3.96. The molecule has 0 aliphatic carbocycles. The van der Waals surface area contributed by atoms with Gasteiger partial charge in [0.15, 0.2) is 0 Å². The molecule has 1 heterocycles. The highest BCUT2D eigenvalue weighted by Crippen LogP contribution is 2.26. The molecule has 1 N–H and O–H groups in total. The van der Waals surface area contributed by atoms with Gasteiger partial charge in [-0.2, -0.15) is 4.31 Å². The van der Waals surface area contributed by atoms with Crippen LogP contribution in [0.15, 0.2) is 41.3 Å². The number of aryl methyl sites for hydroxylation is 1. The molecule has 0 amide bonds. The number of hydrogen-bond acceptors (Lipinski definition) is 4. The Morgan fingerprint density at radius 1 is 1.04 bits per heavy atom. The number of benzene rings is 2. The molecule has 9 heteroatoms. The normalized spacial score (nSPS) is 15.5.